The van der Waals surface area contributed by atoms with Crippen LogP contribution in [0.3, 0.4) is 0 Å². The van der Waals surface area contributed by atoms with Gasteiger partial charge >= 0.3 is 5.97 Å². The quantitative estimate of drug-likeness (QED) is 0.701. The number of likely N-dealkylation sites (N-methyl/N-ethyl adjacent to an activating group) is 1. The third-order valence-corrected chi connectivity index (χ3v) is 6.69. The molecule has 1 heterocycles. The Morgan fingerprint density at radius 1 is 1.28 bits per heavy atom. The average Bonchev–Trinajstić information content (AvgIpc) is 2.67. The van der Waals surface area contributed by atoms with E-state index in [4.69, 9.17) is 4.74 Å². The fourth-order valence-corrected chi connectivity index (χ4v) is 4.91. The van der Waals surface area contributed by atoms with E-state index in [1.165, 1.54) is 30.0 Å². The van der Waals surface area contributed by atoms with E-state index in [1.807, 2.05) is 0 Å². The second-order valence-electron chi connectivity index (χ2n) is 7.29. The largest absolute Gasteiger partial charge is 0.453 e. The number of carbonyl (C=O) groups is 1. The first-order valence-corrected chi connectivity index (χ1v) is 11.2. The second kappa shape index (κ2) is 8.92. The molecule has 1 fully saturated rings. The summed E-state index contributed by atoms with van der Waals surface area (Å²) in [6.07, 6.45) is 1.60. The minimum atomic E-state index is -3.99. The van der Waals surface area contributed by atoms with Crippen LogP contribution in [-0.4, -0.2) is 40.1 Å². The molecule has 1 aliphatic heterocycles. The lowest BCUT2D eigenvalue weighted by molar-refractivity contribution is -0.906. The smallest absolute Gasteiger partial charge is 0.340 e. The summed E-state index contributed by atoms with van der Waals surface area (Å²) in [7, 11) is -3.99. The molecule has 1 aliphatic rings. The third-order valence-electron chi connectivity index (χ3n) is 5.16. The van der Waals surface area contributed by atoms with Crippen LogP contribution >= 0.6 is 0 Å². The Bertz CT molecular complexity index is 994. The van der Waals surface area contributed by atoms with Crippen molar-refractivity contribution in [3.63, 3.8) is 0 Å². The Hall–Kier alpha value is -2.45. The predicted molar refractivity (Wildman–Crippen MR) is 108 cm³/mol. The highest BCUT2D eigenvalue weighted by molar-refractivity contribution is 7.92. The minimum absolute atomic E-state index is 0.0449. The van der Waals surface area contributed by atoms with Gasteiger partial charge in [0.2, 0.25) is 0 Å². The summed E-state index contributed by atoms with van der Waals surface area (Å²) in [4.78, 5) is 14.1. The SMILES string of the molecule is CC[NH+]1CCC[C@H](OC(=O)c2ccccc2NS(=O)(=O)c2ccc(F)cc2C)C1. The number of nitrogens with one attached hydrogen (secondary N) is 2. The molecule has 2 N–H and O–H groups in total. The van der Waals surface area contributed by atoms with Gasteiger partial charge in [-0.25, -0.2) is 17.6 Å². The number of hydrogen-bond donors (Lipinski definition) is 2. The number of rotatable bonds is 6. The number of hydrogen-bond acceptors (Lipinski definition) is 4. The molecular formula is C21H26FN2O4S+. The molecule has 0 spiro atoms. The predicted octanol–water partition coefficient (Wildman–Crippen LogP) is 2.16. The first kappa shape index (κ1) is 21.3. The topological polar surface area (TPSA) is 76.9 Å². The van der Waals surface area contributed by atoms with Crippen molar-refractivity contribution >= 4 is 21.7 Å². The minimum Gasteiger partial charge on any atom is -0.453 e. The van der Waals surface area contributed by atoms with Crippen molar-refractivity contribution < 1.29 is 27.2 Å². The monoisotopic (exact) mass is 421 g/mol. The fourth-order valence-electron chi connectivity index (χ4n) is 3.61. The van der Waals surface area contributed by atoms with E-state index in [1.54, 1.807) is 12.1 Å². The van der Waals surface area contributed by atoms with E-state index in [2.05, 4.69) is 11.6 Å². The van der Waals surface area contributed by atoms with Crippen molar-refractivity contribution in [2.75, 3.05) is 24.4 Å². The first-order chi connectivity index (χ1) is 13.8. The Labute approximate surface area is 170 Å². The van der Waals surface area contributed by atoms with Crippen LogP contribution in [-0.2, 0) is 14.8 Å². The standard InChI is InChI=1S/C21H25FN2O4S/c1-3-24-12-6-7-17(14-24)28-21(25)18-8-4-5-9-19(18)23-29(26,27)20-11-10-16(22)13-15(20)2/h4-5,8-11,13,17,23H,3,6-7,12,14H2,1-2H3/p+1/t17-/m0/s1. The fraction of sp³-hybridized carbons (Fsp3) is 0.381. The van der Waals surface area contributed by atoms with Gasteiger partial charge in [0.1, 0.15) is 12.4 Å². The van der Waals surface area contributed by atoms with Gasteiger partial charge in [-0.05, 0) is 56.2 Å². The maximum atomic E-state index is 13.3. The van der Waals surface area contributed by atoms with E-state index in [-0.39, 0.29) is 27.8 Å². The van der Waals surface area contributed by atoms with Gasteiger partial charge in [-0.2, -0.15) is 0 Å². The molecule has 8 heteroatoms. The first-order valence-electron chi connectivity index (χ1n) is 9.72. The summed E-state index contributed by atoms with van der Waals surface area (Å²) in [5, 5.41) is 0. The zero-order chi connectivity index (χ0) is 21.0. The van der Waals surface area contributed by atoms with E-state index >= 15 is 0 Å². The number of quaternary nitrogens is 1. The number of esters is 1. The molecule has 2 aromatic rings. The van der Waals surface area contributed by atoms with Crippen LogP contribution in [0.15, 0.2) is 47.4 Å². The molecule has 2 aromatic carbocycles. The van der Waals surface area contributed by atoms with Gasteiger partial charge in [0.15, 0.2) is 6.10 Å². The number of aryl methyl sites for hydroxylation is 1. The molecule has 0 radical (unpaired) electrons. The van der Waals surface area contributed by atoms with Gasteiger partial charge in [0.05, 0.1) is 29.2 Å². The van der Waals surface area contributed by atoms with Gasteiger partial charge in [-0.15, -0.1) is 0 Å². The molecule has 1 unspecified atom stereocenters. The number of ether oxygens (including phenoxy) is 1. The summed E-state index contributed by atoms with van der Waals surface area (Å²) in [6, 6.07) is 9.78. The molecule has 0 bridgehead atoms. The van der Waals surface area contributed by atoms with Crippen LogP contribution in [0, 0.1) is 12.7 Å². The van der Waals surface area contributed by atoms with Gasteiger partial charge in [0, 0.05) is 6.42 Å². The maximum Gasteiger partial charge on any atom is 0.340 e. The van der Waals surface area contributed by atoms with Crippen LogP contribution in [0.4, 0.5) is 10.1 Å². The summed E-state index contributed by atoms with van der Waals surface area (Å²) in [5.41, 5.74) is 0.568. The summed E-state index contributed by atoms with van der Waals surface area (Å²) in [5.74, 6) is -1.07. The summed E-state index contributed by atoms with van der Waals surface area (Å²) < 4.78 is 47.0. The lowest BCUT2D eigenvalue weighted by Crippen LogP contribution is -3.13. The number of halogens is 1. The van der Waals surface area contributed by atoms with E-state index < -0.39 is 21.8 Å². The van der Waals surface area contributed by atoms with Crippen LogP contribution in [0.2, 0.25) is 0 Å². The Kier molecular flexibility index (Phi) is 6.54. The molecule has 29 heavy (non-hydrogen) atoms. The third kappa shape index (κ3) is 5.13. The normalized spacial score (nSPS) is 19.6. The summed E-state index contributed by atoms with van der Waals surface area (Å²) >= 11 is 0. The van der Waals surface area contributed by atoms with Crippen molar-refractivity contribution in [2.24, 2.45) is 0 Å². The lowest BCUT2D eigenvalue weighted by Gasteiger charge is -2.28. The molecule has 3 rings (SSSR count). The highest BCUT2D eigenvalue weighted by atomic mass is 32.2. The van der Waals surface area contributed by atoms with E-state index in [0.29, 0.717) is 0 Å². The number of carbonyl (C=O) groups excluding carboxylic acids is 1. The molecule has 0 saturated carbocycles. The van der Waals surface area contributed by atoms with Crippen molar-refractivity contribution in [2.45, 2.75) is 37.7 Å². The van der Waals surface area contributed by atoms with Crippen molar-refractivity contribution in [3.8, 4) is 0 Å². The zero-order valence-electron chi connectivity index (χ0n) is 16.6. The highest BCUT2D eigenvalue weighted by Gasteiger charge is 2.27. The Morgan fingerprint density at radius 3 is 2.76 bits per heavy atom. The van der Waals surface area contributed by atoms with Crippen molar-refractivity contribution in [1.82, 2.24) is 0 Å². The Morgan fingerprint density at radius 2 is 2.03 bits per heavy atom. The second-order valence-corrected chi connectivity index (χ2v) is 8.94. The highest BCUT2D eigenvalue weighted by Crippen LogP contribution is 2.24. The molecule has 156 valence electrons. The Balaban J connectivity index is 1.80. The number of sulfonamides is 1. The van der Waals surface area contributed by atoms with Crippen molar-refractivity contribution in [1.29, 1.82) is 0 Å². The van der Waals surface area contributed by atoms with Crippen molar-refractivity contribution in [3.05, 3.63) is 59.4 Å². The number of piperidine rings is 1. The maximum absolute atomic E-state index is 13.3. The van der Waals surface area contributed by atoms with Gasteiger partial charge < -0.3 is 9.64 Å². The summed E-state index contributed by atoms with van der Waals surface area (Å²) in [6.45, 7) is 6.41. The van der Waals surface area contributed by atoms with Crippen LogP contribution < -0.4 is 9.62 Å². The van der Waals surface area contributed by atoms with Crippen LogP contribution in [0.5, 0.6) is 0 Å². The van der Waals surface area contributed by atoms with Crippen LogP contribution in [0.25, 0.3) is 0 Å². The molecule has 0 aliphatic carbocycles. The zero-order valence-corrected chi connectivity index (χ0v) is 17.4. The van der Waals surface area contributed by atoms with Gasteiger partial charge in [0.25, 0.3) is 10.0 Å². The molecule has 0 aromatic heterocycles. The average molecular weight is 422 g/mol. The van der Waals surface area contributed by atoms with E-state index in [0.717, 1.165) is 44.6 Å². The number of anilines is 1. The molecule has 1 saturated heterocycles. The van der Waals surface area contributed by atoms with Gasteiger partial charge in [-0.3, -0.25) is 4.72 Å². The molecule has 0 amide bonds. The number of likely N-dealkylation sites (tertiary alicyclic amines) is 1. The molecule has 6 nitrogen and oxygen atoms in total. The van der Waals surface area contributed by atoms with E-state index in [9.17, 15) is 17.6 Å². The molecule has 2 atom stereocenters. The number of para-hydroxylation sites is 1. The molecular weight excluding hydrogens is 395 g/mol. The van der Waals surface area contributed by atoms with Crippen LogP contribution in [0.1, 0.15) is 35.7 Å². The lowest BCUT2D eigenvalue weighted by atomic mass is 10.1. The van der Waals surface area contributed by atoms with Gasteiger partial charge in [-0.1, -0.05) is 12.1 Å². The number of benzene rings is 2.